The van der Waals surface area contributed by atoms with E-state index >= 15 is 0 Å². The molecule has 1 aromatic rings. The van der Waals surface area contributed by atoms with Gasteiger partial charge in [0.15, 0.2) is 6.10 Å². The molecule has 0 aliphatic carbocycles. The molecule has 0 spiro atoms. The lowest BCUT2D eigenvalue weighted by molar-refractivity contribution is -0.151. The SMILES string of the molecule is CCOC(=O)C(CC)Oc1ccc2c(c1)B(O)OC2. The molecule has 1 aliphatic rings. The normalized spacial score (nSPS) is 15.0. The number of hydrogen-bond donors (Lipinski definition) is 1. The van der Waals surface area contributed by atoms with Crippen molar-refractivity contribution in [3.05, 3.63) is 23.8 Å². The van der Waals surface area contributed by atoms with Crippen LogP contribution in [0.1, 0.15) is 25.8 Å². The van der Waals surface area contributed by atoms with Crippen LogP contribution in [0.3, 0.4) is 0 Å². The molecule has 0 bridgehead atoms. The average molecular weight is 264 g/mol. The number of carbonyl (C=O) groups excluding carboxylic acids is 1. The lowest BCUT2D eigenvalue weighted by atomic mass is 9.79. The molecule has 0 saturated carbocycles. The molecule has 0 radical (unpaired) electrons. The zero-order valence-electron chi connectivity index (χ0n) is 11.1. The summed E-state index contributed by atoms with van der Waals surface area (Å²) in [7, 11) is -0.916. The van der Waals surface area contributed by atoms with Gasteiger partial charge < -0.3 is 19.2 Å². The Bertz CT molecular complexity index is 462. The predicted molar refractivity (Wildman–Crippen MR) is 70.2 cm³/mol. The van der Waals surface area contributed by atoms with Gasteiger partial charge >= 0.3 is 13.1 Å². The maximum atomic E-state index is 11.7. The van der Waals surface area contributed by atoms with E-state index in [-0.39, 0.29) is 5.97 Å². The highest BCUT2D eigenvalue weighted by Crippen LogP contribution is 2.18. The topological polar surface area (TPSA) is 65.0 Å². The fourth-order valence-electron chi connectivity index (χ4n) is 1.96. The molecule has 1 heterocycles. The minimum atomic E-state index is -0.916. The second kappa shape index (κ2) is 6.08. The van der Waals surface area contributed by atoms with Gasteiger partial charge in [0.05, 0.1) is 13.2 Å². The predicted octanol–water partition coefficient (Wildman–Crippen LogP) is 0.625. The van der Waals surface area contributed by atoms with Gasteiger partial charge in [-0.3, -0.25) is 0 Å². The number of ether oxygens (including phenoxy) is 2. The number of benzene rings is 1. The van der Waals surface area contributed by atoms with E-state index in [0.717, 1.165) is 5.56 Å². The number of carbonyl (C=O) groups is 1. The van der Waals surface area contributed by atoms with Gasteiger partial charge in [-0.05, 0) is 36.5 Å². The van der Waals surface area contributed by atoms with Crippen LogP contribution in [0.25, 0.3) is 0 Å². The zero-order chi connectivity index (χ0) is 13.8. The van der Waals surface area contributed by atoms with Crippen LogP contribution in [-0.4, -0.2) is 30.8 Å². The molecule has 1 unspecified atom stereocenters. The molecule has 5 nitrogen and oxygen atoms in total. The Hall–Kier alpha value is -1.53. The molecule has 1 aromatic carbocycles. The summed E-state index contributed by atoms with van der Waals surface area (Å²) in [5, 5.41) is 9.62. The van der Waals surface area contributed by atoms with Gasteiger partial charge in [-0.1, -0.05) is 13.0 Å². The largest absolute Gasteiger partial charge is 0.491 e. The smallest absolute Gasteiger partial charge is 0.479 e. The summed E-state index contributed by atoms with van der Waals surface area (Å²) in [6, 6.07) is 5.30. The molecule has 19 heavy (non-hydrogen) atoms. The lowest BCUT2D eigenvalue weighted by Crippen LogP contribution is -2.31. The van der Waals surface area contributed by atoms with Crippen molar-refractivity contribution in [2.45, 2.75) is 33.0 Å². The Morgan fingerprint density at radius 2 is 2.32 bits per heavy atom. The van der Waals surface area contributed by atoms with Crippen LogP contribution in [-0.2, 0) is 20.8 Å². The quantitative estimate of drug-likeness (QED) is 0.624. The fourth-order valence-corrected chi connectivity index (χ4v) is 1.96. The summed E-state index contributed by atoms with van der Waals surface area (Å²) in [6.45, 7) is 4.34. The summed E-state index contributed by atoms with van der Waals surface area (Å²) in [4.78, 5) is 11.7. The standard InChI is InChI=1S/C13H17BO5/c1-3-12(13(15)17-4-2)19-10-6-5-9-8-18-14(16)11(9)7-10/h5-7,12,16H,3-4,8H2,1-2H3. The molecule has 0 amide bonds. The summed E-state index contributed by atoms with van der Waals surface area (Å²) in [5.41, 5.74) is 1.63. The molecule has 102 valence electrons. The molecular weight excluding hydrogens is 247 g/mol. The van der Waals surface area contributed by atoms with Gasteiger partial charge in [0.25, 0.3) is 0 Å². The van der Waals surface area contributed by atoms with E-state index in [1.807, 2.05) is 13.0 Å². The Kier molecular flexibility index (Phi) is 4.45. The molecule has 6 heteroatoms. The maximum absolute atomic E-state index is 11.7. The molecule has 1 N–H and O–H groups in total. The van der Waals surface area contributed by atoms with E-state index in [9.17, 15) is 9.82 Å². The van der Waals surface area contributed by atoms with Gasteiger partial charge in [-0.15, -0.1) is 0 Å². The highest BCUT2D eigenvalue weighted by Gasteiger charge is 2.28. The Balaban J connectivity index is 2.10. The first-order chi connectivity index (χ1) is 9.15. The van der Waals surface area contributed by atoms with Crippen LogP contribution in [0.15, 0.2) is 18.2 Å². The summed E-state index contributed by atoms with van der Waals surface area (Å²) in [6.07, 6.45) is -0.105. The van der Waals surface area contributed by atoms with Crippen molar-refractivity contribution in [3.8, 4) is 5.75 Å². The van der Waals surface area contributed by atoms with Crippen LogP contribution in [0.4, 0.5) is 0 Å². The van der Waals surface area contributed by atoms with E-state index in [1.54, 1.807) is 19.1 Å². The Morgan fingerprint density at radius 3 is 3.00 bits per heavy atom. The highest BCUT2D eigenvalue weighted by molar-refractivity contribution is 6.61. The molecule has 0 aromatic heterocycles. The number of esters is 1. The van der Waals surface area contributed by atoms with E-state index in [1.165, 1.54) is 0 Å². The first-order valence-electron chi connectivity index (χ1n) is 6.41. The van der Waals surface area contributed by atoms with Crippen molar-refractivity contribution in [2.75, 3.05) is 6.61 Å². The van der Waals surface area contributed by atoms with Crippen molar-refractivity contribution in [3.63, 3.8) is 0 Å². The molecule has 0 saturated heterocycles. The van der Waals surface area contributed by atoms with Gasteiger partial charge in [0.2, 0.25) is 0 Å². The lowest BCUT2D eigenvalue weighted by Gasteiger charge is -2.16. The van der Waals surface area contributed by atoms with Crippen molar-refractivity contribution in [1.82, 2.24) is 0 Å². The molecule has 0 fully saturated rings. The molecule has 1 aliphatic heterocycles. The van der Waals surface area contributed by atoms with E-state index in [2.05, 4.69) is 0 Å². The third-order valence-corrected chi connectivity index (χ3v) is 2.98. The maximum Gasteiger partial charge on any atom is 0.491 e. The molecular formula is C13H17BO5. The van der Waals surface area contributed by atoms with Crippen molar-refractivity contribution in [2.24, 2.45) is 0 Å². The van der Waals surface area contributed by atoms with Gasteiger partial charge in [0.1, 0.15) is 5.75 Å². The number of fused-ring (bicyclic) bond motifs is 1. The first kappa shape index (κ1) is 13.9. The minimum absolute atomic E-state index is 0.329. The second-order valence-electron chi connectivity index (χ2n) is 4.29. The number of hydrogen-bond acceptors (Lipinski definition) is 5. The second-order valence-corrected chi connectivity index (χ2v) is 4.29. The molecule has 2 rings (SSSR count). The third kappa shape index (κ3) is 3.08. The van der Waals surface area contributed by atoms with E-state index < -0.39 is 13.2 Å². The summed E-state index contributed by atoms with van der Waals surface area (Å²) >= 11 is 0. The van der Waals surface area contributed by atoms with Crippen LogP contribution in [0, 0.1) is 0 Å². The third-order valence-electron chi connectivity index (χ3n) is 2.98. The van der Waals surface area contributed by atoms with Crippen LogP contribution in [0.2, 0.25) is 0 Å². The Labute approximate surface area is 112 Å². The Morgan fingerprint density at radius 1 is 1.53 bits per heavy atom. The average Bonchev–Trinajstić information content (AvgIpc) is 2.78. The van der Waals surface area contributed by atoms with Crippen molar-refractivity contribution in [1.29, 1.82) is 0 Å². The fraction of sp³-hybridized carbons (Fsp3) is 0.462. The van der Waals surface area contributed by atoms with E-state index in [4.69, 9.17) is 14.1 Å². The van der Waals surface area contributed by atoms with Crippen LogP contribution >= 0.6 is 0 Å². The van der Waals surface area contributed by atoms with E-state index in [0.29, 0.717) is 30.8 Å². The minimum Gasteiger partial charge on any atom is -0.479 e. The summed E-state index contributed by atoms with van der Waals surface area (Å²) in [5.74, 6) is 0.158. The monoisotopic (exact) mass is 264 g/mol. The molecule has 1 atom stereocenters. The highest BCUT2D eigenvalue weighted by atomic mass is 16.6. The van der Waals surface area contributed by atoms with Crippen LogP contribution < -0.4 is 10.2 Å². The zero-order valence-corrected chi connectivity index (χ0v) is 11.1. The number of rotatable bonds is 5. The van der Waals surface area contributed by atoms with Gasteiger partial charge in [-0.25, -0.2) is 4.79 Å². The summed E-state index contributed by atoms with van der Waals surface area (Å²) < 4.78 is 15.7. The van der Waals surface area contributed by atoms with Crippen LogP contribution in [0.5, 0.6) is 5.75 Å². The first-order valence-corrected chi connectivity index (χ1v) is 6.41. The van der Waals surface area contributed by atoms with Crippen molar-refractivity contribution < 1.29 is 23.9 Å². The van der Waals surface area contributed by atoms with Gasteiger partial charge in [-0.2, -0.15) is 0 Å². The van der Waals surface area contributed by atoms with Crippen molar-refractivity contribution >= 4 is 18.6 Å². The van der Waals surface area contributed by atoms with Gasteiger partial charge in [0, 0.05) is 0 Å².